The van der Waals surface area contributed by atoms with Gasteiger partial charge >= 0.3 is 0 Å². The zero-order chi connectivity index (χ0) is 18.5. The Morgan fingerprint density at radius 1 is 0.963 bits per heavy atom. The van der Waals surface area contributed by atoms with Crippen LogP contribution in [0.2, 0.25) is 0 Å². The topological polar surface area (TPSA) is 70.6 Å². The monoisotopic (exact) mass is 376 g/mol. The second-order valence-corrected chi connectivity index (χ2v) is 7.52. The highest BCUT2D eigenvalue weighted by molar-refractivity contribution is 7.99. The molecule has 1 aliphatic rings. The Hall–Kier alpha value is -2.69. The van der Waals surface area contributed by atoms with Crippen LogP contribution in [0.25, 0.3) is 0 Å². The lowest BCUT2D eigenvalue weighted by Gasteiger charge is -2.16. The summed E-state index contributed by atoms with van der Waals surface area (Å²) in [5.41, 5.74) is 1.62. The van der Waals surface area contributed by atoms with Crippen LogP contribution in [0.1, 0.15) is 29.9 Å². The van der Waals surface area contributed by atoms with Gasteiger partial charge in [0, 0.05) is 0 Å². The Morgan fingerprint density at radius 2 is 1.78 bits per heavy atom. The molecule has 136 valence electrons. The van der Waals surface area contributed by atoms with Gasteiger partial charge in [0.1, 0.15) is 22.6 Å². The molecule has 27 heavy (non-hydrogen) atoms. The van der Waals surface area contributed by atoms with Crippen molar-refractivity contribution in [1.29, 1.82) is 5.26 Å². The molecule has 0 bridgehead atoms. The fourth-order valence-corrected chi connectivity index (χ4v) is 4.04. The fraction of sp³-hybridized carbons (Fsp3) is 0.300. The Kier molecular flexibility index (Phi) is 5.47. The standard InChI is InChI=1S/C20H20N6S/c21-13-17-9-6-10-19(22-17)27-20-24-23-18(15-25-11-4-5-12-25)26(20)14-16-7-2-1-3-8-16/h1-3,6-10H,4-5,11-12,14-15H2. The van der Waals surface area contributed by atoms with Crippen LogP contribution >= 0.6 is 11.8 Å². The normalized spacial score (nSPS) is 14.3. The molecule has 6 nitrogen and oxygen atoms in total. The van der Waals surface area contributed by atoms with Gasteiger partial charge in [0.15, 0.2) is 5.16 Å². The molecule has 7 heteroatoms. The molecule has 3 aromatic rings. The second-order valence-electron chi connectivity index (χ2n) is 6.53. The quantitative estimate of drug-likeness (QED) is 0.657. The van der Waals surface area contributed by atoms with Gasteiger partial charge in [0.25, 0.3) is 0 Å². The molecule has 0 saturated carbocycles. The maximum absolute atomic E-state index is 9.08. The maximum atomic E-state index is 9.08. The van der Waals surface area contributed by atoms with E-state index in [4.69, 9.17) is 5.26 Å². The molecular weight excluding hydrogens is 356 g/mol. The fourth-order valence-electron chi connectivity index (χ4n) is 3.20. The van der Waals surface area contributed by atoms with Crippen molar-refractivity contribution in [2.24, 2.45) is 0 Å². The molecule has 0 radical (unpaired) electrons. The number of hydrogen-bond acceptors (Lipinski definition) is 6. The van der Waals surface area contributed by atoms with Crippen LogP contribution in [-0.4, -0.2) is 37.7 Å². The molecule has 0 atom stereocenters. The number of nitriles is 1. The van der Waals surface area contributed by atoms with Crippen molar-refractivity contribution >= 4 is 11.8 Å². The number of likely N-dealkylation sites (tertiary alicyclic amines) is 1. The van der Waals surface area contributed by atoms with Crippen molar-refractivity contribution in [3.8, 4) is 6.07 Å². The number of benzene rings is 1. The summed E-state index contributed by atoms with van der Waals surface area (Å²) in [7, 11) is 0. The molecule has 1 saturated heterocycles. The molecule has 0 N–H and O–H groups in total. The zero-order valence-corrected chi connectivity index (χ0v) is 15.8. The molecule has 0 amide bonds. The number of aromatic nitrogens is 4. The third kappa shape index (κ3) is 4.35. The third-order valence-corrected chi connectivity index (χ3v) is 5.50. The summed E-state index contributed by atoms with van der Waals surface area (Å²) in [6.45, 7) is 3.77. The Morgan fingerprint density at radius 3 is 2.56 bits per heavy atom. The molecule has 1 fully saturated rings. The van der Waals surface area contributed by atoms with E-state index in [1.807, 2.05) is 30.3 Å². The molecule has 0 spiro atoms. The van der Waals surface area contributed by atoms with Crippen LogP contribution in [0.4, 0.5) is 0 Å². The smallest absolute Gasteiger partial charge is 0.197 e. The van der Waals surface area contributed by atoms with Crippen LogP contribution in [-0.2, 0) is 13.1 Å². The van der Waals surface area contributed by atoms with Crippen molar-refractivity contribution in [2.45, 2.75) is 36.1 Å². The Bertz CT molecular complexity index is 941. The summed E-state index contributed by atoms with van der Waals surface area (Å²) >= 11 is 1.45. The molecule has 0 unspecified atom stereocenters. The van der Waals surface area contributed by atoms with Gasteiger partial charge in [-0.1, -0.05) is 36.4 Å². The van der Waals surface area contributed by atoms with E-state index < -0.39 is 0 Å². The van der Waals surface area contributed by atoms with E-state index in [9.17, 15) is 0 Å². The van der Waals surface area contributed by atoms with Gasteiger partial charge in [-0.2, -0.15) is 5.26 Å². The SMILES string of the molecule is N#Cc1cccc(Sc2nnc(CN3CCCC3)n2Cc2ccccc2)n1. The average molecular weight is 376 g/mol. The van der Waals surface area contributed by atoms with Crippen molar-refractivity contribution in [2.75, 3.05) is 13.1 Å². The van der Waals surface area contributed by atoms with Crippen LogP contribution in [0.5, 0.6) is 0 Å². The first kappa shape index (κ1) is 17.7. The molecule has 2 aromatic heterocycles. The molecular formula is C20H20N6S. The van der Waals surface area contributed by atoms with Crippen molar-refractivity contribution in [3.05, 3.63) is 65.6 Å². The lowest BCUT2D eigenvalue weighted by atomic mass is 10.2. The van der Waals surface area contributed by atoms with Gasteiger partial charge in [-0.25, -0.2) is 4.98 Å². The van der Waals surface area contributed by atoms with Crippen molar-refractivity contribution in [1.82, 2.24) is 24.6 Å². The van der Waals surface area contributed by atoms with Gasteiger partial charge in [-0.15, -0.1) is 10.2 Å². The maximum Gasteiger partial charge on any atom is 0.197 e. The minimum Gasteiger partial charge on any atom is -0.300 e. The lowest BCUT2D eigenvalue weighted by molar-refractivity contribution is 0.316. The minimum atomic E-state index is 0.409. The van der Waals surface area contributed by atoms with Gasteiger partial charge in [-0.3, -0.25) is 4.90 Å². The first-order valence-corrected chi connectivity index (χ1v) is 9.87. The molecule has 1 aliphatic heterocycles. The number of pyridine rings is 1. The molecule has 1 aromatic carbocycles. The number of hydrogen-bond donors (Lipinski definition) is 0. The van der Waals surface area contributed by atoms with Crippen LogP contribution < -0.4 is 0 Å². The number of rotatable bonds is 6. The summed E-state index contributed by atoms with van der Waals surface area (Å²) < 4.78 is 2.17. The summed E-state index contributed by atoms with van der Waals surface area (Å²) in [4.78, 5) is 6.78. The van der Waals surface area contributed by atoms with Gasteiger partial charge < -0.3 is 4.57 Å². The van der Waals surface area contributed by atoms with E-state index in [1.54, 1.807) is 6.07 Å². The van der Waals surface area contributed by atoms with Crippen molar-refractivity contribution < 1.29 is 0 Å². The predicted molar refractivity (Wildman–Crippen MR) is 103 cm³/mol. The average Bonchev–Trinajstić information content (AvgIpc) is 3.35. The third-order valence-electron chi connectivity index (χ3n) is 4.57. The second kappa shape index (κ2) is 8.33. The largest absolute Gasteiger partial charge is 0.300 e. The summed E-state index contributed by atoms with van der Waals surface area (Å²) in [6.07, 6.45) is 2.50. The van der Waals surface area contributed by atoms with E-state index in [2.05, 4.69) is 42.9 Å². The minimum absolute atomic E-state index is 0.409. The van der Waals surface area contributed by atoms with E-state index >= 15 is 0 Å². The van der Waals surface area contributed by atoms with Crippen molar-refractivity contribution in [3.63, 3.8) is 0 Å². The van der Waals surface area contributed by atoms with E-state index in [-0.39, 0.29) is 0 Å². The summed E-state index contributed by atoms with van der Waals surface area (Å²) in [5, 5.41) is 19.5. The van der Waals surface area contributed by atoms with Crippen LogP contribution in [0, 0.1) is 11.3 Å². The predicted octanol–water partition coefficient (Wildman–Crippen LogP) is 3.34. The van der Waals surface area contributed by atoms with Gasteiger partial charge in [-0.05, 0) is 55.4 Å². The summed E-state index contributed by atoms with van der Waals surface area (Å²) in [6, 6.07) is 17.9. The first-order chi connectivity index (χ1) is 13.3. The highest BCUT2D eigenvalue weighted by Gasteiger charge is 2.19. The van der Waals surface area contributed by atoms with Gasteiger partial charge in [0.05, 0.1) is 13.1 Å². The molecule has 4 rings (SSSR count). The highest BCUT2D eigenvalue weighted by atomic mass is 32.2. The lowest BCUT2D eigenvalue weighted by Crippen LogP contribution is -2.21. The first-order valence-electron chi connectivity index (χ1n) is 9.05. The summed E-state index contributed by atoms with van der Waals surface area (Å²) in [5.74, 6) is 0.972. The highest BCUT2D eigenvalue weighted by Crippen LogP contribution is 2.26. The van der Waals surface area contributed by atoms with Gasteiger partial charge in [0.2, 0.25) is 0 Å². The number of nitrogens with zero attached hydrogens (tertiary/aromatic N) is 6. The molecule has 3 heterocycles. The zero-order valence-electron chi connectivity index (χ0n) is 15.0. The van der Waals surface area contributed by atoms with E-state index in [0.717, 1.165) is 42.2 Å². The Labute approximate surface area is 162 Å². The van der Waals surface area contributed by atoms with Crippen LogP contribution in [0.3, 0.4) is 0 Å². The molecule has 0 aliphatic carbocycles. The van der Waals surface area contributed by atoms with E-state index in [1.165, 1.54) is 30.2 Å². The Balaban J connectivity index is 1.63. The van der Waals surface area contributed by atoms with Crippen LogP contribution in [0.15, 0.2) is 58.7 Å². The van der Waals surface area contributed by atoms with E-state index in [0.29, 0.717) is 5.69 Å².